The van der Waals surface area contributed by atoms with Crippen molar-refractivity contribution in [1.82, 2.24) is 9.91 Å². The van der Waals surface area contributed by atoms with Gasteiger partial charge in [-0.25, -0.2) is 0 Å². The second-order valence-corrected chi connectivity index (χ2v) is 7.27. The Bertz CT molecular complexity index is 861. The number of nitro benzene ring substituents is 1. The van der Waals surface area contributed by atoms with Crippen molar-refractivity contribution in [3.05, 3.63) is 73.8 Å². The average Bonchev–Trinajstić information content (AvgIpc) is 2.64. The summed E-state index contributed by atoms with van der Waals surface area (Å²) in [5.41, 5.74) is 4.55. The van der Waals surface area contributed by atoms with Crippen LogP contribution in [0.2, 0.25) is 5.02 Å². The van der Waals surface area contributed by atoms with Crippen LogP contribution in [0.3, 0.4) is 0 Å². The van der Waals surface area contributed by atoms with E-state index in [0.717, 1.165) is 32.7 Å². The van der Waals surface area contributed by atoms with Crippen LogP contribution in [-0.2, 0) is 6.54 Å². The van der Waals surface area contributed by atoms with E-state index in [1.54, 1.807) is 6.21 Å². The number of hydrazone groups is 1. The Balaban J connectivity index is 1.57. The first kappa shape index (κ1) is 19.3. The van der Waals surface area contributed by atoms with Gasteiger partial charge in [0.1, 0.15) is 0 Å². The molecular weight excluding hydrogens is 364 g/mol. The van der Waals surface area contributed by atoms with Crippen molar-refractivity contribution < 1.29 is 4.92 Å². The summed E-state index contributed by atoms with van der Waals surface area (Å²) in [6, 6.07) is 11.0. The fourth-order valence-corrected chi connectivity index (χ4v) is 3.33. The highest BCUT2D eigenvalue weighted by Gasteiger charge is 2.16. The van der Waals surface area contributed by atoms with Gasteiger partial charge in [0.2, 0.25) is 0 Å². The summed E-state index contributed by atoms with van der Waals surface area (Å²) in [6.45, 7) is 8.69. The van der Waals surface area contributed by atoms with Crippen molar-refractivity contribution in [3.8, 4) is 0 Å². The zero-order chi connectivity index (χ0) is 19.4. The number of hydrogen-bond acceptors (Lipinski definition) is 5. The third-order valence-corrected chi connectivity index (χ3v) is 5.14. The smallest absolute Gasteiger partial charge is 0.270 e. The number of nitrogens with zero attached hydrogens (tertiary/aromatic N) is 4. The summed E-state index contributed by atoms with van der Waals surface area (Å²) < 4.78 is 0. The first-order chi connectivity index (χ1) is 12.9. The normalized spacial score (nSPS) is 15.4. The van der Waals surface area contributed by atoms with Gasteiger partial charge < -0.3 is 0 Å². The van der Waals surface area contributed by atoms with Gasteiger partial charge in [0, 0.05) is 55.4 Å². The first-order valence-electron chi connectivity index (χ1n) is 8.94. The van der Waals surface area contributed by atoms with Gasteiger partial charge in [-0.3, -0.25) is 20.0 Å². The zero-order valence-corrected chi connectivity index (χ0v) is 16.3. The Hall–Kier alpha value is -2.44. The molecule has 0 N–H and O–H groups in total. The van der Waals surface area contributed by atoms with Gasteiger partial charge in [-0.2, -0.15) is 5.10 Å². The lowest BCUT2D eigenvalue weighted by Crippen LogP contribution is -2.43. The molecule has 7 heteroatoms. The second kappa shape index (κ2) is 8.50. The number of hydrogen-bond donors (Lipinski definition) is 0. The lowest BCUT2D eigenvalue weighted by atomic mass is 10.1. The standard InChI is InChI=1S/C20H23ClN4O2/c1-15-3-4-17(16(2)11-15)14-23-7-9-24(10-8-23)22-13-18-12-19(25(26)27)5-6-20(18)21/h3-6,11-13H,7-10,14H2,1-2H3/b22-13+. The van der Waals surface area contributed by atoms with Crippen LogP contribution in [0.1, 0.15) is 22.3 Å². The maximum atomic E-state index is 10.9. The van der Waals surface area contributed by atoms with Crippen molar-refractivity contribution in [1.29, 1.82) is 0 Å². The molecular formula is C20H23ClN4O2. The Morgan fingerprint density at radius 1 is 1.15 bits per heavy atom. The maximum absolute atomic E-state index is 10.9. The van der Waals surface area contributed by atoms with E-state index in [2.05, 4.69) is 42.0 Å². The van der Waals surface area contributed by atoms with Crippen LogP contribution >= 0.6 is 11.6 Å². The van der Waals surface area contributed by atoms with E-state index >= 15 is 0 Å². The van der Waals surface area contributed by atoms with Gasteiger partial charge in [0.25, 0.3) is 5.69 Å². The number of halogens is 1. The lowest BCUT2D eigenvalue weighted by molar-refractivity contribution is -0.384. The monoisotopic (exact) mass is 386 g/mol. The topological polar surface area (TPSA) is 62.0 Å². The third kappa shape index (κ3) is 5.05. The number of aryl methyl sites for hydroxylation is 2. The van der Waals surface area contributed by atoms with E-state index in [-0.39, 0.29) is 5.69 Å². The quantitative estimate of drug-likeness (QED) is 0.442. The van der Waals surface area contributed by atoms with Gasteiger partial charge in [-0.15, -0.1) is 0 Å². The molecule has 0 unspecified atom stereocenters. The predicted octanol–water partition coefficient (Wildman–Crippen LogP) is 4.02. The van der Waals surface area contributed by atoms with Gasteiger partial charge in [-0.1, -0.05) is 35.4 Å². The second-order valence-electron chi connectivity index (χ2n) is 6.87. The number of nitro groups is 1. The highest BCUT2D eigenvalue weighted by Crippen LogP contribution is 2.21. The van der Waals surface area contributed by atoms with Crippen LogP contribution in [0, 0.1) is 24.0 Å². The molecule has 0 spiro atoms. The third-order valence-electron chi connectivity index (χ3n) is 4.79. The summed E-state index contributed by atoms with van der Waals surface area (Å²) in [5, 5.41) is 17.8. The average molecular weight is 387 g/mol. The molecule has 0 saturated carbocycles. The Morgan fingerprint density at radius 2 is 1.89 bits per heavy atom. The molecule has 3 rings (SSSR count). The van der Waals surface area contributed by atoms with E-state index < -0.39 is 4.92 Å². The van der Waals surface area contributed by atoms with Crippen LogP contribution < -0.4 is 0 Å². The van der Waals surface area contributed by atoms with E-state index in [0.29, 0.717) is 10.6 Å². The van der Waals surface area contributed by atoms with E-state index in [4.69, 9.17) is 11.6 Å². The number of rotatable bonds is 5. The number of non-ortho nitro benzene ring substituents is 1. The molecule has 0 radical (unpaired) electrons. The number of piperazine rings is 1. The van der Waals surface area contributed by atoms with Crippen LogP contribution in [0.25, 0.3) is 0 Å². The van der Waals surface area contributed by atoms with Crippen LogP contribution in [-0.4, -0.2) is 47.2 Å². The van der Waals surface area contributed by atoms with Gasteiger partial charge >= 0.3 is 0 Å². The van der Waals surface area contributed by atoms with E-state index in [9.17, 15) is 10.1 Å². The van der Waals surface area contributed by atoms with E-state index in [1.807, 2.05) is 5.01 Å². The molecule has 0 bridgehead atoms. The molecule has 0 atom stereocenters. The van der Waals surface area contributed by atoms with Crippen molar-refractivity contribution in [2.24, 2.45) is 5.10 Å². The lowest BCUT2D eigenvalue weighted by Gasteiger charge is -2.33. The fraction of sp³-hybridized carbons (Fsp3) is 0.350. The van der Waals surface area contributed by atoms with Crippen molar-refractivity contribution in [2.45, 2.75) is 20.4 Å². The van der Waals surface area contributed by atoms with Crippen LogP contribution in [0.15, 0.2) is 41.5 Å². The molecule has 0 amide bonds. The van der Waals surface area contributed by atoms with Gasteiger partial charge in [-0.05, 0) is 31.0 Å². The summed E-state index contributed by atoms with van der Waals surface area (Å²) in [6.07, 6.45) is 1.61. The maximum Gasteiger partial charge on any atom is 0.270 e. The molecule has 0 aliphatic carbocycles. The molecule has 1 fully saturated rings. The molecule has 2 aromatic carbocycles. The molecule has 6 nitrogen and oxygen atoms in total. The first-order valence-corrected chi connectivity index (χ1v) is 9.31. The molecule has 1 heterocycles. The summed E-state index contributed by atoms with van der Waals surface area (Å²) >= 11 is 6.12. The highest BCUT2D eigenvalue weighted by atomic mass is 35.5. The van der Waals surface area contributed by atoms with Crippen LogP contribution in [0.5, 0.6) is 0 Å². The number of benzene rings is 2. The Kier molecular flexibility index (Phi) is 6.08. The molecule has 27 heavy (non-hydrogen) atoms. The van der Waals surface area contributed by atoms with Crippen molar-refractivity contribution in [2.75, 3.05) is 26.2 Å². The molecule has 1 aliphatic heterocycles. The minimum absolute atomic E-state index is 0.0131. The molecule has 1 saturated heterocycles. The molecule has 1 aliphatic rings. The van der Waals surface area contributed by atoms with Gasteiger partial charge in [0.15, 0.2) is 0 Å². The highest BCUT2D eigenvalue weighted by molar-refractivity contribution is 6.33. The minimum Gasteiger partial charge on any atom is -0.295 e. The van der Waals surface area contributed by atoms with Gasteiger partial charge in [0.05, 0.1) is 11.1 Å². The molecule has 142 valence electrons. The fourth-order valence-electron chi connectivity index (χ4n) is 3.16. The predicted molar refractivity (Wildman–Crippen MR) is 108 cm³/mol. The molecule has 0 aromatic heterocycles. The van der Waals surface area contributed by atoms with Crippen molar-refractivity contribution >= 4 is 23.5 Å². The van der Waals surface area contributed by atoms with Crippen molar-refractivity contribution in [3.63, 3.8) is 0 Å². The zero-order valence-electron chi connectivity index (χ0n) is 15.6. The Labute approximate surface area is 164 Å². The SMILES string of the molecule is Cc1ccc(CN2CCN(/N=C/c3cc([N+](=O)[O-])ccc3Cl)CC2)c(C)c1. The minimum atomic E-state index is -0.431. The summed E-state index contributed by atoms with van der Waals surface area (Å²) in [4.78, 5) is 12.9. The van der Waals surface area contributed by atoms with Crippen LogP contribution in [0.4, 0.5) is 5.69 Å². The van der Waals surface area contributed by atoms with E-state index in [1.165, 1.54) is 34.9 Å². The molecule has 2 aromatic rings. The summed E-state index contributed by atoms with van der Waals surface area (Å²) in [7, 11) is 0. The Morgan fingerprint density at radius 3 is 2.56 bits per heavy atom. The summed E-state index contributed by atoms with van der Waals surface area (Å²) in [5.74, 6) is 0. The largest absolute Gasteiger partial charge is 0.295 e.